The summed E-state index contributed by atoms with van der Waals surface area (Å²) in [7, 11) is 0. The number of benzene rings is 8. The van der Waals surface area contributed by atoms with Crippen LogP contribution in [-0.2, 0) is 18.5 Å². The van der Waals surface area contributed by atoms with Crippen molar-refractivity contribution in [2.24, 2.45) is 0 Å². The number of rotatable bonds is 5. The minimum atomic E-state index is -4.80. The van der Waals surface area contributed by atoms with Gasteiger partial charge in [-0.15, -0.1) is 0 Å². The third-order valence-corrected chi connectivity index (χ3v) is 12.4. The van der Waals surface area contributed by atoms with Crippen LogP contribution in [0.15, 0.2) is 152 Å². The molecule has 2 aromatic heterocycles. The van der Waals surface area contributed by atoms with Crippen molar-refractivity contribution in [2.75, 3.05) is 0 Å². The highest BCUT2D eigenvalue weighted by molar-refractivity contribution is 6.12. The Balaban J connectivity index is 1.34. The molecule has 2 heterocycles. The zero-order valence-electron chi connectivity index (χ0n) is 35.7. The molecule has 0 unspecified atom stereocenters. The molecule has 0 N–H and O–H groups in total. The summed E-state index contributed by atoms with van der Waals surface area (Å²) in [6.07, 6.45) is -14.0. The van der Waals surface area contributed by atoms with Crippen LogP contribution in [0.2, 0.25) is 0 Å². The summed E-state index contributed by atoms with van der Waals surface area (Å²) in [5, 5.41) is 14.2. The second-order valence-corrected chi connectivity index (χ2v) is 16.8. The fraction of sp³-hybridized carbons (Fsp3) is 0.109. The van der Waals surface area contributed by atoms with E-state index < -0.39 is 35.2 Å². The third-order valence-electron chi connectivity index (χ3n) is 12.4. The largest absolute Gasteiger partial charge is 0.417 e. The van der Waals surface area contributed by atoms with Crippen molar-refractivity contribution in [3.05, 3.63) is 191 Å². The first kappa shape index (κ1) is 43.1. The van der Waals surface area contributed by atoms with Crippen LogP contribution < -0.4 is 0 Å². The summed E-state index contributed by atoms with van der Waals surface area (Å²) in [6, 6.07) is 41.8. The molecule has 0 spiro atoms. The Morgan fingerprint density at radius 3 is 1.28 bits per heavy atom. The lowest BCUT2D eigenvalue weighted by atomic mass is 9.92. The normalized spacial score (nSPS) is 12.5. The second-order valence-electron chi connectivity index (χ2n) is 16.8. The summed E-state index contributed by atoms with van der Waals surface area (Å²) in [5.74, 6) is 0. The van der Waals surface area contributed by atoms with Gasteiger partial charge in [-0.3, -0.25) is 0 Å². The van der Waals surface area contributed by atoms with Gasteiger partial charge in [0.2, 0.25) is 0 Å². The standard InChI is InChI=1S/C55H34F9N3/c1-30-19-35(23-38(21-30)53(56,57)58)33-15-17-42-40-10-4-6-13-46(40)66(48(42)25-33)50-27-37(52-32(3)9-8-12-45(52)55(62,63)64)28-51(44(50)29-65)67-47-14-7-5-11-41(47)43-18-16-34(26-49(43)67)36-20-31(2)22-39(24-36)54(59,60)61/h4-28H,1-3H3. The summed E-state index contributed by atoms with van der Waals surface area (Å²) in [4.78, 5) is 0. The smallest absolute Gasteiger partial charge is 0.308 e. The van der Waals surface area contributed by atoms with E-state index in [2.05, 4.69) is 6.07 Å². The number of fused-ring (bicyclic) bond motifs is 6. The van der Waals surface area contributed by atoms with E-state index >= 15 is 13.2 Å². The molecule has 67 heavy (non-hydrogen) atoms. The number of alkyl halides is 9. The Labute approximate surface area is 377 Å². The topological polar surface area (TPSA) is 33.6 Å². The number of aromatic nitrogens is 2. The summed E-state index contributed by atoms with van der Waals surface area (Å²) in [6.45, 7) is 4.70. The SMILES string of the molecule is Cc1cc(-c2ccc3c4ccccc4n(-c4cc(-c5c(C)cccc5C(F)(F)F)cc(-n5c6ccccc6c6ccc(-c7cc(C)cc(C(F)(F)F)c7)cc65)c4C#N)c3c2)cc(C(F)(F)F)c1. The zero-order valence-corrected chi connectivity index (χ0v) is 35.7. The number of hydrogen-bond acceptors (Lipinski definition) is 1. The highest BCUT2D eigenvalue weighted by Crippen LogP contribution is 2.46. The van der Waals surface area contributed by atoms with E-state index in [0.717, 1.165) is 30.3 Å². The molecule has 0 radical (unpaired) electrons. The Hall–Kier alpha value is -7.78. The predicted molar refractivity (Wildman–Crippen MR) is 245 cm³/mol. The molecule has 332 valence electrons. The average Bonchev–Trinajstić information content (AvgIpc) is 3.79. The molecule has 3 nitrogen and oxygen atoms in total. The van der Waals surface area contributed by atoms with Gasteiger partial charge in [0.05, 0.1) is 50.1 Å². The number of aryl methyl sites for hydroxylation is 3. The number of nitrogens with zero attached hydrogens (tertiary/aromatic N) is 3. The Morgan fingerprint density at radius 1 is 0.403 bits per heavy atom. The molecule has 0 aliphatic heterocycles. The van der Waals surface area contributed by atoms with E-state index in [1.54, 1.807) is 109 Å². The van der Waals surface area contributed by atoms with Crippen molar-refractivity contribution in [2.45, 2.75) is 39.3 Å². The zero-order chi connectivity index (χ0) is 47.3. The van der Waals surface area contributed by atoms with Gasteiger partial charge in [0.25, 0.3) is 0 Å². The van der Waals surface area contributed by atoms with Crippen LogP contribution in [0.4, 0.5) is 39.5 Å². The van der Waals surface area contributed by atoms with E-state index in [4.69, 9.17) is 0 Å². The molecule has 10 aromatic rings. The van der Waals surface area contributed by atoms with Gasteiger partial charge in [-0.05, 0) is 138 Å². The summed E-state index contributed by atoms with van der Waals surface area (Å²) >= 11 is 0. The van der Waals surface area contributed by atoms with Crippen LogP contribution in [0.3, 0.4) is 0 Å². The van der Waals surface area contributed by atoms with Crippen LogP contribution in [0.5, 0.6) is 0 Å². The van der Waals surface area contributed by atoms with Crippen molar-refractivity contribution < 1.29 is 39.5 Å². The van der Waals surface area contributed by atoms with Gasteiger partial charge in [-0.25, -0.2) is 0 Å². The summed E-state index contributed by atoms with van der Waals surface area (Å²) < 4.78 is 134. The fourth-order valence-corrected chi connectivity index (χ4v) is 9.56. The van der Waals surface area contributed by atoms with Crippen LogP contribution in [0, 0.1) is 32.1 Å². The highest BCUT2D eigenvalue weighted by atomic mass is 19.4. The Bertz CT molecular complexity index is 3510. The fourth-order valence-electron chi connectivity index (χ4n) is 9.56. The minimum absolute atomic E-state index is 0.0387. The minimum Gasteiger partial charge on any atom is -0.308 e. The number of hydrogen-bond donors (Lipinski definition) is 0. The summed E-state index contributed by atoms with van der Waals surface area (Å²) in [5.41, 5.74) is 2.38. The van der Waals surface area contributed by atoms with E-state index in [1.807, 2.05) is 24.3 Å². The first-order valence-electron chi connectivity index (χ1n) is 21.0. The molecule has 0 bridgehead atoms. The Morgan fingerprint density at radius 2 is 0.851 bits per heavy atom. The molecular formula is C55H34F9N3. The lowest BCUT2D eigenvalue weighted by Crippen LogP contribution is -2.10. The van der Waals surface area contributed by atoms with Crippen molar-refractivity contribution in [3.8, 4) is 50.8 Å². The van der Waals surface area contributed by atoms with E-state index in [9.17, 15) is 31.6 Å². The quantitative estimate of drug-likeness (QED) is 0.158. The third kappa shape index (κ3) is 7.35. The van der Waals surface area contributed by atoms with Crippen LogP contribution in [0.1, 0.15) is 38.9 Å². The lowest BCUT2D eigenvalue weighted by molar-refractivity contribution is -0.138. The van der Waals surface area contributed by atoms with Crippen molar-refractivity contribution in [1.29, 1.82) is 5.26 Å². The number of para-hydroxylation sites is 2. The number of nitriles is 1. The molecule has 0 saturated heterocycles. The van der Waals surface area contributed by atoms with Gasteiger partial charge in [-0.1, -0.05) is 84.9 Å². The van der Waals surface area contributed by atoms with Gasteiger partial charge in [0, 0.05) is 21.5 Å². The van der Waals surface area contributed by atoms with Gasteiger partial charge >= 0.3 is 18.5 Å². The maximum Gasteiger partial charge on any atom is 0.417 e. The molecular weight excluding hydrogens is 874 g/mol. The van der Waals surface area contributed by atoms with E-state index in [1.165, 1.54) is 18.2 Å². The average molecular weight is 908 g/mol. The van der Waals surface area contributed by atoms with Crippen LogP contribution in [-0.4, -0.2) is 9.13 Å². The van der Waals surface area contributed by atoms with Gasteiger partial charge < -0.3 is 9.13 Å². The van der Waals surface area contributed by atoms with Gasteiger partial charge in [-0.2, -0.15) is 44.8 Å². The second kappa shape index (κ2) is 15.4. The van der Waals surface area contributed by atoms with Crippen molar-refractivity contribution in [3.63, 3.8) is 0 Å². The molecule has 10 rings (SSSR count). The highest BCUT2D eigenvalue weighted by Gasteiger charge is 2.36. The molecule has 12 heteroatoms. The van der Waals surface area contributed by atoms with Crippen molar-refractivity contribution >= 4 is 43.6 Å². The maximum absolute atomic E-state index is 15.1. The molecule has 0 amide bonds. The predicted octanol–water partition coefficient (Wildman–Crippen LogP) is 16.7. The van der Waals surface area contributed by atoms with Gasteiger partial charge in [0.1, 0.15) is 11.6 Å². The Kier molecular flexibility index (Phi) is 9.92. The van der Waals surface area contributed by atoms with Gasteiger partial charge in [0.15, 0.2) is 0 Å². The van der Waals surface area contributed by atoms with Crippen LogP contribution in [0.25, 0.3) is 88.4 Å². The monoisotopic (exact) mass is 907 g/mol. The molecule has 0 fully saturated rings. The molecule has 0 atom stereocenters. The molecule has 0 aliphatic carbocycles. The molecule has 0 aliphatic rings. The lowest BCUT2D eigenvalue weighted by Gasteiger charge is -2.21. The molecule has 8 aromatic carbocycles. The van der Waals surface area contributed by atoms with Crippen LogP contribution >= 0.6 is 0 Å². The van der Waals surface area contributed by atoms with E-state index in [0.29, 0.717) is 71.4 Å². The number of halogens is 9. The maximum atomic E-state index is 15.1. The van der Waals surface area contributed by atoms with E-state index in [-0.39, 0.29) is 39.2 Å². The molecule has 0 saturated carbocycles. The first-order chi connectivity index (χ1) is 31.8. The first-order valence-corrected chi connectivity index (χ1v) is 21.0. The van der Waals surface area contributed by atoms with Crippen molar-refractivity contribution in [1.82, 2.24) is 9.13 Å².